The van der Waals surface area contributed by atoms with E-state index in [9.17, 15) is 5.11 Å². The lowest BCUT2D eigenvalue weighted by molar-refractivity contribution is -0.0136. The second-order valence-corrected chi connectivity index (χ2v) is 4.04. The maximum atomic E-state index is 10.0. The molecule has 0 radical (unpaired) electrons. The third-order valence-corrected chi connectivity index (χ3v) is 3.26. The van der Waals surface area contributed by atoms with Gasteiger partial charge < -0.3 is 10.2 Å². The minimum absolute atomic E-state index is 0.203. The monoisotopic (exact) mass is 192 g/mol. The average molecular weight is 192 g/mol. The van der Waals surface area contributed by atoms with E-state index >= 15 is 0 Å². The first kappa shape index (κ1) is 9.69. The van der Waals surface area contributed by atoms with Gasteiger partial charge in [-0.2, -0.15) is 0 Å². The summed E-state index contributed by atoms with van der Waals surface area (Å²) < 4.78 is 0. The Hall–Kier alpha value is -0.860. The van der Waals surface area contributed by atoms with Crippen LogP contribution >= 0.6 is 0 Å². The van der Waals surface area contributed by atoms with E-state index in [-0.39, 0.29) is 12.5 Å². The fourth-order valence-corrected chi connectivity index (χ4v) is 2.13. The Bertz CT molecular complexity index is 282. The van der Waals surface area contributed by atoms with Crippen LogP contribution in [0.15, 0.2) is 30.3 Å². The van der Waals surface area contributed by atoms with Gasteiger partial charge in [0.15, 0.2) is 0 Å². The standard InChI is InChI=1S/C12H16O2/c13-8-10-6-7-11(10)12(14)9-4-2-1-3-5-9/h1-5,10-14H,6-8H2/t10?,11?,12-/m1/s1. The van der Waals surface area contributed by atoms with Crippen molar-refractivity contribution in [1.29, 1.82) is 0 Å². The molecule has 76 valence electrons. The number of rotatable bonds is 3. The summed E-state index contributed by atoms with van der Waals surface area (Å²) in [4.78, 5) is 0. The molecule has 0 spiro atoms. The second-order valence-electron chi connectivity index (χ2n) is 4.04. The highest BCUT2D eigenvalue weighted by Crippen LogP contribution is 2.42. The lowest BCUT2D eigenvalue weighted by Gasteiger charge is -2.38. The van der Waals surface area contributed by atoms with Gasteiger partial charge >= 0.3 is 0 Å². The molecular formula is C12H16O2. The number of aliphatic hydroxyl groups is 2. The zero-order valence-corrected chi connectivity index (χ0v) is 8.13. The fraction of sp³-hybridized carbons (Fsp3) is 0.500. The Morgan fingerprint density at radius 1 is 1.21 bits per heavy atom. The second kappa shape index (κ2) is 4.11. The molecule has 2 nitrogen and oxygen atoms in total. The van der Waals surface area contributed by atoms with Crippen molar-refractivity contribution in [1.82, 2.24) is 0 Å². The fourth-order valence-electron chi connectivity index (χ4n) is 2.13. The van der Waals surface area contributed by atoms with Crippen molar-refractivity contribution in [3.8, 4) is 0 Å². The molecule has 1 saturated carbocycles. The highest BCUT2D eigenvalue weighted by Gasteiger charge is 2.36. The summed E-state index contributed by atoms with van der Waals surface area (Å²) in [6.45, 7) is 0.203. The van der Waals surface area contributed by atoms with E-state index in [4.69, 9.17) is 5.11 Å². The largest absolute Gasteiger partial charge is 0.396 e. The highest BCUT2D eigenvalue weighted by molar-refractivity contribution is 5.18. The van der Waals surface area contributed by atoms with Gasteiger partial charge in [-0.25, -0.2) is 0 Å². The van der Waals surface area contributed by atoms with Crippen LogP contribution in [0.1, 0.15) is 24.5 Å². The molecule has 0 saturated heterocycles. The van der Waals surface area contributed by atoms with Gasteiger partial charge in [-0.1, -0.05) is 30.3 Å². The lowest BCUT2D eigenvalue weighted by Crippen LogP contribution is -2.33. The van der Waals surface area contributed by atoms with E-state index in [1.807, 2.05) is 30.3 Å². The van der Waals surface area contributed by atoms with Crippen molar-refractivity contribution in [2.45, 2.75) is 18.9 Å². The van der Waals surface area contributed by atoms with E-state index in [0.717, 1.165) is 18.4 Å². The van der Waals surface area contributed by atoms with Crippen LogP contribution in [0.3, 0.4) is 0 Å². The Labute approximate surface area is 84.2 Å². The molecular weight excluding hydrogens is 176 g/mol. The minimum Gasteiger partial charge on any atom is -0.396 e. The highest BCUT2D eigenvalue weighted by atomic mass is 16.3. The molecule has 0 amide bonds. The van der Waals surface area contributed by atoms with E-state index in [1.165, 1.54) is 0 Å². The molecule has 1 aliphatic carbocycles. The van der Waals surface area contributed by atoms with Crippen LogP contribution < -0.4 is 0 Å². The number of hydrogen-bond acceptors (Lipinski definition) is 2. The molecule has 2 rings (SSSR count). The molecule has 1 aromatic carbocycles. The van der Waals surface area contributed by atoms with Crippen LogP contribution in [0.5, 0.6) is 0 Å². The smallest absolute Gasteiger partial charge is 0.0821 e. The van der Waals surface area contributed by atoms with Crippen LogP contribution in [0.4, 0.5) is 0 Å². The maximum Gasteiger partial charge on any atom is 0.0821 e. The quantitative estimate of drug-likeness (QED) is 0.765. The molecule has 2 unspecified atom stereocenters. The van der Waals surface area contributed by atoms with Gasteiger partial charge in [-0.3, -0.25) is 0 Å². The topological polar surface area (TPSA) is 40.5 Å². The summed E-state index contributed by atoms with van der Waals surface area (Å²) >= 11 is 0. The Kier molecular flexibility index (Phi) is 2.85. The first-order valence-electron chi connectivity index (χ1n) is 5.17. The maximum absolute atomic E-state index is 10.0. The van der Waals surface area contributed by atoms with Crippen LogP contribution in [0.2, 0.25) is 0 Å². The Balaban J connectivity index is 2.05. The Morgan fingerprint density at radius 2 is 1.93 bits per heavy atom. The number of benzene rings is 1. The summed E-state index contributed by atoms with van der Waals surface area (Å²) in [5.74, 6) is 0.549. The van der Waals surface area contributed by atoms with Gasteiger partial charge in [-0.05, 0) is 30.2 Å². The van der Waals surface area contributed by atoms with Crippen LogP contribution in [-0.2, 0) is 0 Å². The molecule has 0 aromatic heterocycles. The average Bonchev–Trinajstić information content (AvgIpc) is 2.18. The van der Waals surface area contributed by atoms with Crippen molar-refractivity contribution in [3.63, 3.8) is 0 Å². The van der Waals surface area contributed by atoms with E-state index < -0.39 is 6.10 Å². The molecule has 1 aliphatic rings. The molecule has 3 atom stereocenters. The van der Waals surface area contributed by atoms with Gasteiger partial charge in [0.05, 0.1) is 6.10 Å². The third-order valence-electron chi connectivity index (χ3n) is 3.26. The van der Waals surface area contributed by atoms with Crippen molar-refractivity contribution >= 4 is 0 Å². The normalized spacial score (nSPS) is 28.1. The molecule has 1 aromatic rings. The van der Waals surface area contributed by atoms with Gasteiger partial charge in [0.25, 0.3) is 0 Å². The molecule has 2 N–H and O–H groups in total. The van der Waals surface area contributed by atoms with E-state index in [2.05, 4.69) is 0 Å². The first-order valence-corrected chi connectivity index (χ1v) is 5.17. The lowest BCUT2D eigenvalue weighted by atomic mass is 9.69. The van der Waals surface area contributed by atoms with E-state index in [1.54, 1.807) is 0 Å². The van der Waals surface area contributed by atoms with Crippen molar-refractivity contribution < 1.29 is 10.2 Å². The van der Waals surface area contributed by atoms with E-state index in [0.29, 0.717) is 5.92 Å². The van der Waals surface area contributed by atoms with Gasteiger partial charge in [0, 0.05) is 6.61 Å². The molecule has 1 fully saturated rings. The van der Waals surface area contributed by atoms with Crippen LogP contribution in [0.25, 0.3) is 0 Å². The van der Waals surface area contributed by atoms with Gasteiger partial charge in [0.1, 0.15) is 0 Å². The molecule has 14 heavy (non-hydrogen) atoms. The SMILES string of the molecule is OCC1CCC1[C@H](O)c1ccccc1. The summed E-state index contributed by atoms with van der Waals surface area (Å²) in [7, 11) is 0. The third kappa shape index (κ3) is 1.68. The summed E-state index contributed by atoms with van der Waals surface area (Å²) in [6.07, 6.45) is 1.67. The van der Waals surface area contributed by atoms with Crippen molar-refractivity contribution in [2.24, 2.45) is 11.8 Å². The number of hydrogen-bond donors (Lipinski definition) is 2. The summed E-state index contributed by atoms with van der Waals surface area (Å²) in [6, 6.07) is 9.70. The first-order chi connectivity index (χ1) is 6.83. The van der Waals surface area contributed by atoms with Crippen LogP contribution in [-0.4, -0.2) is 16.8 Å². The van der Waals surface area contributed by atoms with Crippen LogP contribution in [0, 0.1) is 11.8 Å². The van der Waals surface area contributed by atoms with Gasteiger partial charge in [0.2, 0.25) is 0 Å². The zero-order valence-electron chi connectivity index (χ0n) is 8.13. The predicted molar refractivity (Wildman–Crippen MR) is 54.7 cm³/mol. The predicted octanol–water partition coefficient (Wildman–Crippen LogP) is 1.74. The molecule has 0 heterocycles. The Morgan fingerprint density at radius 3 is 2.43 bits per heavy atom. The van der Waals surface area contributed by atoms with Crippen molar-refractivity contribution in [2.75, 3.05) is 6.61 Å². The van der Waals surface area contributed by atoms with Crippen molar-refractivity contribution in [3.05, 3.63) is 35.9 Å². The summed E-state index contributed by atoms with van der Waals surface area (Å²) in [5, 5.41) is 19.1. The number of aliphatic hydroxyl groups excluding tert-OH is 2. The van der Waals surface area contributed by atoms with Gasteiger partial charge in [-0.15, -0.1) is 0 Å². The molecule has 0 aliphatic heterocycles. The summed E-state index contributed by atoms with van der Waals surface area (Å²) in [5.41, 5.74) is 0.968. The zero-order chi connectivity index (χ0) is 9.97. The molecule has 0 bridgehead atoms. The molecule has 2 heteroatoms. The minimum atomic E-state index is -0.401.